The quantitative estimate of drug-likeness (QED) is 0.252. The predicted octanol–water partition coefficient (Wildman–Crippen LogP) is 5.94. The maximum atomic E-state index is 13.4. The molecule has 0 saturated heterocycles. The molecule has 12 heteroatoms. The maximum absolute atomic E-state index is 13.4. The molecule has 0 aliphatic carbocycles. The summed E-state index contributed by atoms with van der Waals surface area (Å²) in [6.45, 7) is 5.05. The lowest BCUT2D eigenvalue weighted by molar-refractivity contribution is -0.140. The Kier molecular flexibility index (Phi) is 6.80. The fourth-order valence-electron chi connectivity index (χ4n) is 5.27. The Balaban J connectivity index is 1.31. The molecule has 0 atom stereocenters. The number of aromatic nitrogens is 6. The van der Waals surface area contributed by atoms with Gasteiger partial charge < -0.3 is 14.8 Å². The number of hydrogen-bond acceptors (Lipinski definition) is 7. The Hall–Kier alpha value is -4.92. The molecule has 42 heavy (non-hydrogen) atoms. The van der Waals surface area contributed by atoms with Crippen molar-refractivity contribution in [3.63, 3.8) is 0 Å². The van der Waals surface area contributed by atoms with Gasteiger partial charge in [0.05, 0.1) is 24.0 Å². The molecule has 1 aliphatic heterocycles. The lowest BCUT2D eigenvalue weighted by Gasteiger charge is -2.26. The van der Waals surface area contributed by atoms with Gasteiger partial charge in [-0.3, -0.25) is 4.68 Å². The van der Waals surface area contributed by atoms with Crippen LogP contribution in [-0.2, 0) is 32.7 Å². The van der Waals surface area contributed by atoms with E-state index in [-0.39, 0.29) is 11.9 Å². The summed E-state index contributed by atoms with van der Waals surface area (Å²) in [5.41, 5.74) is 4.16. The fraction of sp³-hybridized carbons (Fsp3) is 0.300. The number of benzene rings is 2. The molecule has 0 fully saturated rings. The zero-order chi connectivity index (χ0) is 29.6. The lowest BCUT2D eigenvalue weighted by Crippen LogP contribution is -2.28. The molecule has 0 saturated carbocycles. The Labute approximate surface area is 240 Å². The highest BCUT2D eigenvalue weighted by molar-refractivity contribution is 5.92. The molecular formula is C30H28F3N9. The van der Waals surface area contributed by atoms with Gasteiger partial charge in [-0.1, -0.05) is 36.4 Å². The third-order valence-electron chi connectivity index (χ3n) is 7.45. The van der Waals surface area contributed by atoms with E-state index in [0.717, 1.165) is 39.5 Å². The molecule has 2 aromatic carbocycles. The van der Waals surface area contributed by atoms with E-state index in [1.807, 2.05) is 62.1 Å². The molecule has 4 heterocycles. The van der Waals surface area contributed by atoms with Crippen molar-refractivity contribution < 1.29 is 13.2 Å². The number of nitriles is 1. The zero-order valence-electron chi connectivity index (χ0n) is 23.3. The average molecular weight is 572 g/mol. The standard InChI is InChI=1S/C30H28F3N9/c1-18(2)42-16-25(30(31,32)33)38-29(42)20-9-7-19(8-10-20)13-35-27-23-15-41(17-34)12-11-24(23)37-28(39-27)22-6-4-5-21-14-36-40(3)26(21)22/h4-10,14,16,18H,11-13,15H2,1-3H3,(H,35,37,39). The molecule has 0 radical (unpaired) electrons. The predicted molar refractivity (Wildman–Crippen MR) is 152 cm³/mol. The van der Waals surface area contributed by atoms with E-state index in [2.05, 4.69) is 21.6 Å². The summed E-state index contributed by atoms with van der Waals surface area (Å²) >= 11 is 0. The Morgan fingerprint density at radius 3 is 2.57 bits per heavy atom. The van der Waals surface area contributed by atoms with Crippen molar-refractivity contribution in [2.45, 2.75) is 45.6 Å². The van der Waals surface area contributed by atoms with Gasteiger partial charge >= 0.3 is 6.18 Å². The molecule has 9 nitrogen and oxygen atoms in total. The minimum Gasteiger partial charge on any atom is -0.366 e. The monoisotopic (exact) mass is 571 g/mol. The first kappa shape index (κ1) is 27.3. The molecule has 0 spiro atoms. The van der Waals surface area contributed by atoms with Gasteiger partial charge in [0.15, 0.2) is 17.7 Å². The van der Waals surface area contributed by atoms with Gasteiger partial charge in [-0.05, 0) is 25.5 Å². The Morgan fingerprint density at radius 2 is 1.86 bits per heavy atom. The van der Waals surface area contributed by atoms with E-state index < -0.39 is 11.9 Å². The van der Waals surface area contributed by atoms with Crippen molar-refractivity contribution in [3.8, 4) is 29.0 Å². The topological polar surface area (TPSA) is 100 Å². The van der Waals surface area contributed by atoms with E-state index >= 15 is 0 Å². The minimum atomic E-state index is -4.52. The van der Waals surface area contributed by atoms with Crippen LogP contribution in [0.1, 0.15) is 42.4 Å². The summed E-state index contributed by atoms with van der Waals surface area (Å²) in [4.78, 5) is 15.4. The first-order chi connectivity index (χ1) is 20.1. The summed E-state index contributed by atoms with van der Waals surface area (Å²) in [6, 6.07) is 13.0. The number of anilines is 1. The van der Waals surface area contributed by atoms with Crippen LogP contribution >= 0.6 is 0 Å². The summed E-state index contributed by atoms with van der Waals surface area (Å²) in [5.74, 6) is 1.49. The number of halogens is 3. The normalized spacial score (nSPS) is 13.4. The molecular weight excluding hydrogens is 543 g/mol. The van der Waals surface area contributed by atoms with Crippen molar-refractivity contribution in [3.05, 3.63) is 77.4 Å². The van der Waals surface area contributed by atoms with Crippen LogP contribution in [0.15, 0.2) is 54.9 Å². The number of alkyl halides is 3. The van der Waals surface area contributed by atoms with Crippen LogP contribution < -0.4 is 5.32 Å². The molecule has 5 aromatic rings. The van der Waals surface area contributed by atoms with Gasteiger partial charge in [0.2, 0.25) is 0 Å². The number of fused-ring (bicyclic) bond motifs is 2. The van der Waals surface area contributed by atoms with Crippen LogP contribution in [0.3, 0.4) is 0 Å². The lowest BCUT2D eigenvalue weighted by atomic mass is 10.0. The van der Waals surface area contributed by atoms with Crippen LogP contribution in [0.2, 0.25) is 0 Å². The summed E-state index contributed by atoms with van der Waals surface area (Å²) in [7, 11) is 1.88. The Morgan fingerprint density at radius 1 is 1.07 bits per heavy atom. The second-order valence-electron chi connectivity index (χ2n) is 10.6. The SMILES string of the molecule is CC(C)n1cc(C(F)(F)F)nc1-c1ccc(CNc2nc(-c3cccc4cnn(C)c34)nc3c2CN(C#N)CC3)cc1. The van der Waals surface area contributed by atoms with E-state index in [1.54, 1.807) is 17.0 Å². The third-order valence-corrected chi connectivity index (χ3v) is 7.45. The van der Waals surface area contributed by atoms with Gasteiger partial charge in [0, 0.05) is 60.9 Å². The van der Waals surface area contributed by atoms with Crippen molar-refractivity contribution >= 4 is 16.7 Å². The minimum absolute atomic E-state index is 0.187. The van der Waals surface area contributed by atoms with Crippen LogP contribution in [0, 0.1) is 11.5 Å². The van der Waals surface area contributed by atoms with Gasteiger partial charge in [-0.2, -0.15) is 23.5 Å². The second-order valence-corrected chi connectivity index (χ2v) is 10.6. The number of para-hydroxylation sites is 1. The first-order valence-corrected chi connectivity index (χ1v) is 13.6. The fourth-order valence-corrected chi connectivity index (χ4v) is 5.27. The number of nitrogens with zero attached hydrogens (tertiary/aromatic N) is 8. The highest BCUT2D eigenvalue weighted by Crippen LogP contribution is 2.33. The highest BCUT2D eigenvalue weighted by atomic mass is 19.4. The van der Waals surface area contributed by atoms with Crippen LogP contribution in [0.4, 0.5) is 19.0 Å². The van der Waals surface area contributed by atoms with Crippen molar-refractivity contribution in [1.29, 1.82) is 5.26 Å². The number of nitrogens with one attached hydrogen (secondary N) is 1. The van der Waals surface area contributed by atoms with E-state index in [4.69, 9.17) is 9.97 Å². The summed E-state index contributed by atoms with van der Waals surface area (Å²) in [6.07, 6.45) is 1.19. The molecule has 6 rings (SSSR count). The van der Waals surface area contributed by atoms with Crippen molar-refractivity contribution in [1.82, 2.24) is 34.2 Å². The zero-order valence-corrected chi connectivity index (χ0v) is 23.3. The second kappa shape index (κ2) is 10.5. The van der Waals surface area contributed by atoms with Crippen molar-refractivity contribution in [2.24, 2.45) is 7.05 Å². The van der Waals surface area contributed by atoms with E-state index in [9.17, 15) is 18.4 Å². The molecule has 0 bridgehead atoms. The average Bonchev–Trinajstić information content (AvgIpc) is 3.61. The molecule has 1 aliphatic rings. The molecule has 0 unspecified atom stereocenters. The largest absolute Gasteiger partial charge is 0.434 e. The number of rotatable bonds is 6. The molecule has 214 valence electrons. The molecule has 1 N–H and O–H groups in total. The van der Waals surface area contributed by atoms with Gasteiger partial charge in [-0.15, -0.1) is 0 Å². The van der Waals surface area contributed by atoms with E-state index in [1.165, 1.54) is 4.57 Å². The van der Waals surface area contributed by atoms with Crippen LogP contribution in [0.5, 0.6) is 0 Å². The smallest absolute Gasteiger partial charge is 0.366 e. The van der Waals surface area contributed by atoms with Crippen molar-refractivity contribution in [2.75, 3.05) is 11.9 Å². The van der Waals surface area contributed by atoms with E-state index in [0.29, 0.717) is 43.3 Å². The molecule has 0 amide bonds. The van der Waals surface area contributed by atoms with Crippen LogP contribution in [-0.4, -0.2) is 40.7 Å². The third kappa shape index (κ3) is 5.02. The van der Waals surface area contributed by atoms with Gasteiger partial charge in [0.25, 0.3) is 0 Å². The highest BCUT2D eigenvalue weighted by Gasteiger charge is 2.35. The maximum Gasteiger partial charge on any atom is 0.434 e. The summed E-state index contributed by atoms with van der Waals surface area (Å²) < 4.78 is 43.4. The van der Waals surface area contributed by atoms with Gasteiger partial charge in [0.1, 0.15) is 11.6 Å². The summed E-state index contributed by atoms with van der Waals surface area (Å²) in [5, 5.41) is 18.3. The van der Waals surface area contributed by atoms with Gasteiger partial charge in [-0.25, -0.2) is 15.0 Å². The molecule has 3 aromatic heterocycles. The Bertz CT molecular complexity index is 1810. The number of imidazole rings is 1. The number of hydrogen-bond donors (Lipinski definition) is 1. The number of aryl methyl sites for hydroxylation is 1. The first-order valence-electron chi connectivity index (χ1n) is 13.6. The van der Waals surface area contributed by atoms with Crippen LogP contribution in [0.25, 0.3) is 33.7 Å².